The van der Waals surface area contributed by atoms with Crippen molar-refractivity contribution in [2.24, 2.45) is 0 Å². The largest absolute Gasteiger partial charge is 0.0622 e. The zero-order valence-electron chi connectivity index (χ0n) is 27.0. The average Bonchev–Trinajstić information content (AvgIpc) is 3.16. The first-order valence-electron chi connectivity index (χ1n) is 17.6. The molecule has 48 heavy (non-hydrogen) atoms. The molecular weight excluding hydrogens is 577 g/mol. The van der Waals surface area contributed by atoms with Gasteiger partial charge in [-0.2, -0.15) is 0 Å². The smallest absolute Gasteiger partial charge is 0.00261 e. The van der Waals surface area contributed by atoms with E-state index >= 15 is 0 Å². The van der Waals surface area contributed by atoms with Crippen LogP contribution in [0.2, 0.25) is 0 Å². The van der Waals surface area contributed by atoms with E-state index in [0.29, 0.717) is 5.92 Å². The molecule has 1 aliphatic rings. The monoisotopic (exact) mass is 612 g/mol. The van der Waals surface area contributed by atoms with Gasteiger partial charge in [0.15, 0.2) is 0 Å². The Morgan fingerprint density at radius 3 is 1.33 bits per heavy atom. The fraction of sp³-hybridized carbons (Fsp3) is 0.125. The van der Waals surface area contributed by atoms with Crippen LogP contribution in [0.1, 0.15) is 43.6 Å². The van der Waals surface area contributed by atoms with Crippen molar-refractivity contribution < 1.29 is 0 Å². The van der Waals surface area contributed by atoms with E-state index in [-0.39, 0.29) is 0 Å². The van der Waals surface area contributed by atoms with E-state index in [2.05, 4.69) is 152 Å². The second-order valence-corrected chi connectivity index (χ2v) is 13.9. The summed E-state index contributed by atoms with van der Waals surface area (Å²) in [6, 6.07) is 57.3. The van der Waals surface area contributed by atoms with Gasteiger partial charge in [-0.05, 0) is 135 Å². The number of rotatable bonds is 3. The molecule has 1 aliphatic carbocycles. The van der Waals surface area contributed by atoms with Crippen LogP contribution in [0.5, 0.6) is 0 Å². The van der Waals surface area contributed by atoms with Gasteiger partial charge in [0.1, 0.15) is 0 Å². The number of fused-ring (bicyclic) bond motifs is 9. The van der Waals surface area contributed by atoms with Gasteiger partial charge in [0.2, 0.25) is 0 Å². The van der Waals surface area contributed by atoms with Crippen molar-refractivity contribution >= 4 is 64.6 Å². The fourth-order valence-electron chi connectivity index (χ4n) is 8.90. The molecule has 9 aromatic carbocycles. The summed E-state index contributed by atoms with van der Waals surface area (Å²) in [5.74, 6) is 0.662. The standard InChI is InChI=1S/C48H36/c1-4-14-31(15-5-1)36-24-25-37-40(28-36)41-26-34-20-10-11-21-35(34)27-42(41)44-30-46-45(29-43(37)44)47(32-16-6-2-7-17-32)38-22-12-13-23-39(38)48(46)33-18-8-3-9-19-33/h2-3,6-13,16-31H,1,4-5,14-15H2. The van der Waals surface area contributed by atoms with Crippen LogP contribution in [-0.4, -0.2) is 0 Å². The highest BCUT2D eigenvalue weighted by Gasteiger charge is 2.21. The van der Waals surface area contributed by atoms with E-state index in [1.54, 1.807) is 0 Å². The van der Waals surface area contributed by atoms with Crippen LogP contribution in [0.15, 0.2) is 152 Å². The SMILES string of the molecule is c1ccc(-c2c3ccccc3c(-c3ccccc3)c3cc4c5cc6ccccc6cc5c5cc(C6CCCCC6)ccc5c4cc23)cc1. The molecule has 228 valence electrons. The Morgan fingerprint density at radius 2 is 0.771 bits per heavy atom. The molecule has 10 rings (SSSR count). The Kier molecular flexibility index (Phi) is 6.37. The van der Waals surface area contributed by atoms with Crippen LogP contribution >= 0.6 is 0 Å². The molecule has 0 heteroatoms. The maximum absolute atomic E-state index is 2.56. The van der Waals surface area contributed by atoms with Crippen molar-refractivity contribution in [2.75, 3.05) is 0 Å². The number of hydrogen-bond acceptors (Lipinski definition) is 0. The second kappa shape index (κ2) is 11.1. The molecule has 0 aliphatic heterocycles. The normalized spacial score (nSPS) is 14.2. The quantitative estimate of drug-likeness (QED) is 0.138. The molecule has 0 unspecified atom stereocenters. The highest BCUT2D eigenvalue weighted by atomic mass is 14.2. The Balaban J connectivity index is 1.42. The molecule has 1 fully saturated rings. The molecule has 0 nitrogen and oxygen atoms in total. The first kappa shape index (κ1) is 27.6. The highest BCUT2D eigenvalue weighted by molar-refractivity contribution is 6.32. The van der Waals surface area contributed by atoms with Crippen molar-refractivity contribution in [3.63, 3.8) is 0 Å². The van der Waals surface area contributed by atoms with Gasteiger partial charge in [-0.3, -0.25) is 0 Å². The predicted octanol–water partition coefficient (Wildman–Crippen LogP) is 14.0. The van der Waals surface area contributed by atoms with Crippen molar-refractivity contribution in [1.82, 2.24) is 0 Å². The van der Waals surface area contributed by atoms with Gasteiger partial charge in [0.05, 0.1) is 0 Å². The summed E-state index contributed by atoms with van der Waals surface area (Å²) in [5.41, 5.74) is 6.65. The van der Waals surface area contributed by atoms with Crippen molar-refractivity contribution in [1.29, 1.82) is 0 Å². The second-order valence-electron chi connectivity index (χ2n) is 13.9. The van der Waals surface area contributed by atoms with Crippen LogP contribution in [0.3, 0.4) is 0 Å². The summed E-state index contributed by atoms with van der Waals surface area (Å²) in [7, 11) is 0. The summed E-state index contributed by atoms with van der Waals surface area (Å²) in [4.78, 5) is 0. The van der Waals surface area contributed by atoms with Gasteiger partial charge >= 0.3 is 0 Å². The zero-order valence-corrected chi connectivity index (χ0v) is 27.0. The van der Waals surface area contributed by atoms with Gasteiger partial charge in [-0.1, -0.05) is 147 Å². The van der Waals surface area contributed by atoms with Crippen molar-refractivity contribution in [3.8, 4) is 22.3 Å². The Hall–Kier alpha value is -5.46. The van der Waals surface area contributed by atoms with Crippen LogP contribution < -0.4 is 0 Å². The molecule has 9 aromatic rings. The maximum Gasteiger partial charge on any atom is -0.00261 e. The minimum Gasteiger partial charge on any atom is -0.0622 e. The zero-order chi connectivity index (χ0) is 31.6. The van der Waals surface area contributed by atoms with E-state index in [0.717, 1.165) is 0 Å². The lowest BCUT2D eigenvalue weighted by Gasteiger charge is -2.23. The van der Waals surface area contributed by atoms with E-state index in [1.807, 2.05) is 0 Å². The van der Waals surface area contributed by atoms with Crippen LogP contribution in [0, 0.1) is 0 Å². The van der Waals surface area contributed by atoms with E-state index in [9.17, 15) is 0 Å². The van der Waals surface area contributed by atoms with Gasteiger partial charge in [0, 0.05) is 0 Å². The Morgan fingerprint density at radius 1 is 0.312 bits per heavy atom. The molecule has 0 spiro atoms. The summed E-state index contributed by atoms with van der Waals surface area (Å²) in [5, 5.41) is 15.9. The lowest BCUT2D eigenvalue weighted by atomic mass is 9.81. The summed E-state index contributed by atoms with van der Waals surface area (Å²) in [6.07, 6.45) is 6.68. The summed E-state index contributed by atoms with van der Waals surface area (Å²) >= 11 is 0. The molecular formula is C48H36. The third-order valence-corrected chi connectivity index (χ3v) is 11.2. The number of benzene rings is 9. The van der Waals surface area contributed by atoms with Gasteiger partial charge in [-0.25, -0.2) is 0 Å². The van der Waals surface area contributed by atoms with Crippen LogP contribution in [0.25, 0.3) is 86.9 Å². The lowest BCUT2D eigenvalue weighted by molar-refractivity contribution is 0.444. The molecule has 0 bridgehead atoms. The van der Waals surface area contributed by atoms with Gasteiger partial charge in [0.25, 0.3) is 0 Å². The third-order valence-electron chi connectivity index (χ3n) is 11.2. The Labute approximate surface area is 281 Å². The maximum atomic E-state index is 2.56. The van der Waals surface area contributed by atoms with Gasteiger partial charge in [-0.15, -0.1) is 0 Å². The fourth-order valence-corrected chi connectivity index (χ4v) is 8.90. The summed E-state index contributed by atoms with van der Waals surface area (Å²) in [6.45, 7) is 0. The topological polar surface area (TPSA) is 0 Å². The van der Waals surface area contributed by atoms with E-state index in [1.165, 1.54) is 125 Å². The molecule has 0 saturated heterocycles. The molecule has 0 atom stereocenters. The van der Waals surface area contributed by atoms with E-state index in [4.69, 9.17) is 0 Å². The molecule has 0 N–H and O–H groups in total. The minimum absolute atomic E-state index is 0.662. The summed E-state index contributed by atoms with van der Waals surface area (Å²) < 4.78 is 0. The van der Waals surface area contributed by atoms with Gasteiger partial charge < -0.3 is 0 Å². The Bertz CT molecular complexity index is 2680. The first-order valence-corrected chi connectivity index (χ1v) is 17.6. The minimum atomic E-state index is 0.662. The molecule has 0 aromatic heterocycles. The molecule has 0 heterocycles. The number of hydrogen-bond donors (Lipinski definition) is 0. The van der Waals surface area contributed by atoms with Crippen molar-refractivity contribution in [3.05, 3.63) is 157 Å². The van der Waals surface area contributed by atoms with Crippen LogP contribution in [0.4, 0.5) is 0 Å². The van der Waals surface area contributed by atoms with E-state index < -0.39 is 0 Å². The molecule has 0 amide bonds. The highest BCUT2D eigenvalue weighted by Crippen LogP contribution is 2.48. The molecule has 0 radical (unpaired) electrons. The van der Waals surface area contributed by atoms with Crippen LogP contribution in [-0.2, 0) is 0 Å². The third kappa shape index (κ3) is 4.29. The van der Waals surface area contributed by atoms with Crippen molar-refractivity contribution in [2.45, 2.75) is 38.0 Å². The lowest BCUT2D eigenvalue weighted by Crippen LogP contribution is -2.04. The molecule has 1 saturated carbocycles. The predicted molar refractivity (Wildman–Crippen MR) is 208 cm³/mol. The average molecular weight is 613 g/mol. The first-order chi connectivity index (χ1) is 23.8.